The summed E-state index contributed by atoms with van der Waals surface area (Å²) in [5, 5.41) is 0. The van der Waals surface area contributed by atoms with Gasteiger partial charge in [0.1, 0.15) is 0 Å². The summed E-state index contributed by atoms with van der Waals surface area (Å²) in [5.74, 6) is 0.830. The molecule has 3 nitrogen and oxygen atoms in total. The maximum Gasteiger partial charge on any atom is 0.0931 e. The molecule has 17 heavy (non-hydrogen) atoms. The minimum absolute atomic E-state index is 0.830. The summed E-state index contributed by atoms with van der Waals surface area (Å²) in [4.78, 5) is 11.3. The van der Waals surface area contributed by atoms with Crippen molar-refractivity contribution < 1.29 is 0 Å². The van der Waals surface area contributed by atoms with Crippen molar-refractivity contribution in [1.29, 1.82) is 0 Å². The molecule has 0 aromatic carbocycles. The van der Waals surface area contributed by atoms with Crippen LogP contribution in [0.5, 0.6) is 0 Å². The lowest BCUT2D eigenvalue weighted by molar-refractivity contribution is 0.321. The van der Waals surface area contributed by atoms with Crippen LogP contribution in [-0.2, 0) is 6.54 Å². The van der Waals surface area contributed by atoms with E-state index in [-0.39, 0.29) is 0 Å². The Bertz CT molecular complexity index is 518. The van der Waals surface area contributed by atoms with E-state index < -0.39 is 0 Å². The topological polar surface area (TPSA) is 29.0 Å². The van der Waals surface area contributed by atoms with Crippen molar-refractivity contribution in [2.45, 2.75) is 19.9 Å². The Morgan fingerprint density at radius 3 is 3.06 bits per heavy atom. The minimum Gasteiger partial charge on any atom is -0.299 e. The number of likely N-dealkylation sites (tertiary alicyclic amines) is 1. The van der Waals surface area contributed by atoms with Gasteiger partial charge in [-0.3, -0.25) is 14.9 Å². The van der Waals surface area contributed by atoms with Gasteiger partial charge in [0, 0.05) is 25.5 Å². The second kappa shape index (κ2) is 4.41. The third-order valence-electron chi connectivity index (χ3n) is 3.48. The van der Waals surface area contributed by atoms with Crippen molar-refractivity contribution in [1.82, 2.24) is 14.9 Å². The molecule has 0 spiro atoms. The smallest absolute Gasteiger partial charge is 0.0931 e. The summed E-state index contributed by atoms with van der Waals surface area (Å²) in [6.45, 7) is 5.73. The number of hydrogen-bond donors (Lipinski definition) is 0. The number of pyridine rings is 2. The zero-order valence-electron chi connectivity index (χ0n) is 10.1. The van der Waals surface area contributed by atoms with E-state index in [0.29, 0.717) is 0 Å². The van der Waals surface area contributed by atoms with Crippen molar-refractivity contribution in [3.05, 3.63) is 36.2 Å². The van der Waals surface area contributed by atoms with Gasteiger partial charge >= 0.3 is 0 Å². The van der Waals surface area contributed by atoms with Crippen LogP contribution < -0.4 is 0 Å². The Hall–Kier alpha value is -1.48. The number of fused-ring (bicyclic) bond motifs is 1. The third kappa shape index (κ3) is 2.15. The summed E-state index contributed by atoms with van der Waals surface area (Å²) in [7, 11) is 0. The first kappa shape index (κ1) is 10.7. The van der Waals surface area contributed by atoms with E-state index in [4.69, 9.17) is 0 Å². The SMILES string of the molecule is C[C@@H]1CCN(Cc2ccnc3cccnc23)C1. The molecule has 1 fully saturated rings. The van der Waals surface area contributed by atoms with E-state index >= 15 is 0 Å². The Morgan fingerprint density at radius 1 is 1.29 bits per heavy atom. The lowest BCUT2D eigenvalue weighted by atomic mass is 10.2. The Kier molecular flexibility index (Phi) is 2.77. The van der Waals surface area contributed by atoms with Crippen molar-refractivity contribution in [3.8, 4) is 0 Å². The van der Waals surface area contributed by atoms with E-state index in [2.05, 4.69) is 27.9 Å². The predicted octanol–water partition coefficient (Wildman–Crippen LogP) is 2.47. The number of hydrogen-bond acceptors (Lipinski definition) is 3. The lowest BCUT2D eigenvalue weighted by Gasteiger charge is -2.15. The summed E-state index contributed by atoms with van der Waals surface area (Å²) in [6.07, 6.45) is 5.05. The van der Waals surface area contributed by atoms with Gasteiger partial charge in [-0.1, -0.05) is 6.92 Å². The van der Waals surface area contributed by atoms with Gasteiger partial charge in [0.25, 0.3) is 0 Å². The second-order valence-electron chi connectivity index (χ2n) is 4.97. The third-order valence-corrected chi connectivity index (χ3v) is 3.48. The first-order chi connectivity index (χ1) is 8.33. The molecule has 2 aromatic rings. The fourth-order valence-corrected chi connectivity index (χ4v) is 2.57. The first-order valence-electron chi connectivity index (χ1n) is 6.24. The maximum atomic E-state index is 4.45. The molecule has 3 heterocycles. The van der Waals surface area contributed by atoms with E-state index in [9.17, 15) is 0 Å². The molecule has 0 amide bonds. The molecule has 0 aliphatic carbocycles. The van der Waals surface area contributed by atoms with Crippen molar-refractivity contribution >= 4 is 11.0 Å². The van der Waals surface area contributed by atoms with E-state index in [1.54, 1.807) is 0 Å². The maximum absolute atomic E-state index is 4.45. The summed E-state index contributed by atoms with van der Waals surface area (Å²) in [6, 6.07) is 6.06. The molecular formula is C14H17N3. The van der Waals surface area contributed by atoms with Gasteiger partial charge in [-0.15, -0.1) is 0 Å². The normalized spacial score (nSPS) is 21.1. The van der Waals surface area contributed by atoms with Crippen LogP contribution >= 0.6 is 0 Å². The van der Waals surface area contributed by atoms with E-state index in [1.807, 2.05) is 24.5 Å². The summed E-state index contributed by atoms with van der Waals surface area (Å²) >= 11 is 0. The molecule has 3 heteroatoms. The van der Waals surface area contributed by atoms with Gasteiger partial charge in [-0.05, 0) is 42.6 Å². The Balaban J connectivity index is 1.90. The quantitative estimate of drug-likeness (QED) is 0.789. The fraction of sp³-hybridized carbons (Fsp3) is 0.429. The Labute approximate surface area is 101 Å². The van der Waals surface area contributed by atoms with Crippen LogP contribution in [0.2, 0.25) is 0 Å². The highest BCUT2D eigenvalue weighted by Crippen LogP contribution is 2.20. The van der Waals surface area contributed by atoms with Crippen molar-refractivity contribution in [2.75, 3.05) is 13.1 Å². The first-order valence-corrected chi connectivity index (χ1v) is 6.24. The molecule has 2 aromatic heterocycles. The van der Waals surface area contributed by atoms with Gasteiger partial charge in [-0.25, -0.2) is 0 Å². The van der Waals surface area contributed by atoms with Crippen LogP contribution in [-0.4, -0.2) is 28.0 Å². The van der Waals surface area contributed by atoms with Crippen LogP contribution in [0.3, 0.4) is 0 Å². The van der Waals surface area contributed by atoms with Gasteiger partial charge in [0.15, 0.2) is 0 Å². The Morgan fingerprint density at radius 2 is 2.24 bits per heavy atom. The fourth-order valence-electron chi connectivity index (χ4n) is 2.57. The molecule has 0 unspecified atom stereocenters. The predicted molar refractivity (Wildman–Crippen MR) is 68.6 cm³/mol. The van der Waals surface area contributed by atoms with Gasteiger partial charge in [-0.2, -0.15) is 0 Å². The molecule has 1 atom stereocenters. The van der Waals surface area contributed by atoms with E-state index in [1.165, 1.54) is 25.1 Å². The second-order valence-corrected chi connectivity index (χ2v) is 4.97. The molecule has 3 rings (SSSR count). The number of nitrogens with zero attached hydrogens (tertiary/aromatic N) is 3. The van der Waals surface area contributed by atoms with Crippen LogP contribution in [0.1, 0.15) is 18.9 Å². The zero-order chi connectivity index (χ0) is 11.7. The highest BCUT2D eigenvalue weighted by Gasteiger charge is 2.19. The van der Waals surface area contributed by atoms with E-state index in [0.717, 1.165) is 23.5 Å². The molecule has 1 aliphatic rings. The minimum atomic E-state index is 0.830. The largest absolute Gasteiger partial charge is 0.299 e. The van der Waals surface area contributed by atoms with Crippen LogP contribution in [0.15, 0.2) is 30.6 Å². The average molecular weight is 227 g/mol. The molecule has 1 saturated heterocycles. The van der Waals surface area contributed by atoms with Gasteiger partial charge in [0.05, 0.1) is 11.0 Å². The van der Waals surface area contributed by atoms with Gasteiger partial charge < -0.3 is 0 Å². The van der Waals surface area contributed by atoms with Crippen LogP contribution in [0, 0.1) is 5.92 Å². The molecule has 0 saturated carbocycles. The van der Waals surface area contributed by atoms with Gasteiger partial charge in [0.2, 0.25) is 0 Å². The van der Waals surface area contributed by atoms with Crippen molar-refractivity contribution in [3.63, 3.8) is 0 Å². The monoisotopic (exact) mass is 227 g/mol. The molecule has 88 valence electrons. The summed E-state index contributed by atoms with van der Waals surface area (Å²) in [5.41, 5.74) is 3.34. The standard InChI is InChI=1S/C14H17N3/c1-11-5-8-17(9-11)10-12-4-7-15-13-3-2-6-16-14(12)13/h2-4,6-7,11H,5,8-10H2,1H3/t11-/m1/s1. The average Bonchev–Trinajstić information content (AvgIpc) is 2.75. The molecule has 1 aliphatic heterocycles. The zero-order valence-corrected chi connectivity index (χ0v) is 10.1. The molecule has 0 bridgehead atoms. The number of aromatic nitrogens is 2. The van der Waals surface area contributed by atoms with Crippen LogP contribution in [0.25, 0.3) is 11.0 Å². The van der Waals surface area contributed by atoms with Crippen LogP contribution in [0.4, 0.5) is 0 Å². The van der Waals surface area contributed by atoms with Crippen molar-refractivity contribution in [2.24, 2.45) is 5.92 Å². The highest BCUT2D eigenvalue weighted by atomic mass is 15.1. The highest BCUT2D eigenvalue weighted by molar-refractivity contribution is 5.77. The molecule has 0 N–H and O–H groups in total. The molecular weight excluding hydrogens is 210 g/mol. The summed E-state index contributed by atoms with van der Waals surface area (Å²) < 4.78 is 0. The number of rotatable bonds is 2. The molecule has 0 radical (unpaired) electrons. The lowest BCUT2D eigenvalue weighted by Crippen LogP contribution is -2.19.